The first-order chi connectivity index (χ1) is 9.42. The first kappa shape index (κ1) is 16.9. The van der Waals surface area contributed by atoms with Crippen molar-refractivity contribution < 1.29 is 4.79 Å². The zero-order chi connectivity index (χ0) is 15.1. The lowest BCUT2D eigenvalue weighted by Crippen LogP contribution is -2.16. The van der Waals surface area contributed by atoms with E-state index in [1.807, 2.05) is 0 Å². The molecule has 0 aromatic heterocycles. The van der Waals surface area contributed by atoms with E-state index in [0.29, 0.717) is 37.0 Å². The minimum Gasteiger partial charge on any atom is -0.330 e. The fraction of sp³-hybridized carbons (Fsp3) is 0.611. The van der Waals surface area contributed by atoms with Crippen LogP contribution >= 0.6 is 0 Å². The Bertz CT molecular complexity index is 417. The molecule has 0 heterocycles. The lowest BCUT2D eigenvalue weighted by atomic mass is 9.87. The summed E-state index contributed by atoms with van der Waals surface area (Å²) in [6, 6.07) is 6.37. The minimum absolute atomic E-state index is 0.345. The van der Waals surface area contributed by atoms with Gasteiger partial charge in [0.05, 0.1) is 0 Å². The van der Waals surface area contributed by atoms with Crippen molar-refractivity contribution in [3.05, 3.63) is 34.9 Å². The van der Waals surface area contributed by atoms with Crippen molar-refractivity contribution in [2.75, 3.05) is 6.54 Å². The van der Waals surface area contributed by atoms with E-state index < -0.39 is 0 Å². The number of carbonyl (C=O) groups excluding carboxylic acids is 1. The summed E-state index contributed by atoms with van der Waals surface area (Å²) in [6.07, 6.45) is 3.23. The summed E-state index contributed by atoms with van der Waals surface area (Å²) >= 11 is 0. The Kier molecular flexibility index (Phi) is 6.94. The van der Waals surface area contributed by atoms with Crippen molar-refractivity contribution in [1.29, 1.82) is 0 Å². The molecular weight excluding hydrogens is 246 g/mol. The molecule has 0 aliphatic carbocycles. The number of Topliss-reactive ketones (excluding diaryl/α,β-unsaturated/α-hetero) is 1. The molecule has 0 saturated carbocycles. The SMILES string of the molecule is Cc1cc(C)cc(CC(=O)CCC(CCN)C(C)C)c1. The van der Waals surface area contributed by atoms with Gasteiger partial charge in [-0.3, -0.25) is 4.79 Å². The number of nitrogens with two attached hydrogens (primary N) is 1. The Morgan fingerprint density at radius 2 is 1.70 bits per heavy atom. The molecule has 0 bridgehead atoms. The van der Waals surface area contributed by atoms with Gasteiger partial charge in [0.15, 0.2) is 0 Å². The van der Waals surface area contributed by atoms with E-state index in [1.54, 1.807) is 0 Å². The molecule has 0 saturated heterocycles. The predicted octanol–water partition coefficient (Wildman–Crippen LogP) is 3.82. The van der Waals surface area contributed by atoms with Crippen molar-refractivity contribution in [3.63, 3.8) is 0 Å². The second-order valence-corrected chi connectivity index (χ2v) is 6.33. The standard InChI is InChI=1S/C18H29NO/c1-13(2)17(7-8-19)5-6-18(20)12-16-10-14(3)9-15(4)11-16/h9-11,13,17H,5-8,12,19H2,1-4H3. The highest BCUT2D eigenvalue weighted by atomic mass is 16.1. The molecule has 0 amide bonds. The molecule has 1 aromatic rings. The van der Waals surface area contributed by atoms with Gasteiger partial charge in [0.1, 0.15) is 5.78 Å². The molecule has 1 unspecified atom stereocenters. The first-order valence-electron chi connectivity index (χ1n) is 7.71. The lowest BCUT2D eigenvalue weighted by molar-refractivity contribution is -0.118. The van der Waals surface area contributed by atoms with Gasteiger partial charge in [-0.05, 0) is 50.6 Å². The smallest absolute Gasteiger partial charge is 0.137 e. The van der Waals surface area contributed by atoms with Gasteiger partial charge in [-0.2, -0.15) is 0 Å². The van der Waals surface area contributed by atoms with Crippen LogP contribution in [-0.2, 0) is 11.2 Å². The van der Waals surface area contributed by atoms with Gasteiger partial charge in [-0.1, -0.05) is 43.2 Å². The molecule has 1 aromatic carbocycles. The average molecular weight is 275 g/mol. The molecule has 2 nitrogen and oxygen atoms in total. The maximum atomic E-state index is 12.1. The molecule has 0 fully saturated rings. The maximum absolute atomic E-state index is 12.1. The number of hydrogen-bond acceptors (Lipinski definition) is 2. The van der Waals surface area contributed by atoms with Crippen LogP contribution in [0.25, 0.3) is 0 Å². The normalized spacial score (nSPS) is 12.7. The molecule has 0 spiro atoms. The van der Waals surface area contributed by atoms with Gasteiger partial charge in [0.2, 0.25) is 0 Å². The Balaban J connectivity index is 2.50. The first-order valence-corrected chi connectivity index (χ1v) is 7.71. The van der Waals surface area contributed by atoms with Crippen molar-refractivity contribution in [3.8, 4) is 0 Å². The van der Waals surface area contributed by atoms with Crippen LogP contribution in [0, 0.1) is 25.7 Å². The summed E-state index contributed by atoms with van der Waals surface area (Å²) in [4.78, 5) is 12.1. The van der Waals surface area contributed by atoms with Crippen molar-refractivity contribution in [2.24, 2.45) is 17.6 Å². The fourth-order valence-corrected chi connectivity index (χ4v) is 2.86. The van der Waals surface area contributed by atoms with Crippen LogP contribution in [0.3, 0.4) is 0 Å². The summed E-state index contributed by atoms with van der Waals surface area (Å²) in [5, 5.41) is 0. The topological polar surface area (TPSA) is 43.1 Å². The van der Waals surface area contributed by atoms with Crippen LogP contribution < -0.4 is 5.73 Å². The number of aryl methyl sites for hydroxylation is 2. The Labute approximate surface area is 123 Å². The number of carbonyl (C=O) groups is 1. The number of benzene rings is 1. The molecule has 0 radical (unpaired) electrons. The molecule has 112 valence electrons. The van der Waals surface area contributed by atoms with Crippen molar-refractivity contribution >= 4 is 5.78 Å². The monoisotopic (exact) mass is 275 g/mol. The average Bonchev–Trinajstić information content (AvgIpc) is 2.32. The molecular formula is C18H29NO. The predicted molar refractivity (Wildman–Crippen MR) is 85.9 cm³/mol. The van der Waals surface area contributed by atoms with Crippen LogP contribution in [0.4, 0.5) is 0 Å². The maximum Gasteiger partial charge on any atom is 0.137 e. The third kappa shape index (κ3) is 5.87. The largest absolute Gasteiger partial charge is 0.330 e. The van der Waals surface area contributed by atoms with E-state index in [0.717, 1.165) is 18.4 Å². The van der Waals surface area contributed by atoms with Crippen LogP contribution in [0.15, 0.2) is 18.2 Å². The molecule has 20 heavy (non-hydrogen) atoms. The summed E-state index contributed by atoms with van der Waals surface area (Å²) in [5.74, 6) is 1.52. The summed E-state index contributed by atoms with van der Waals surface area (Å²) in [6.45, 7) is 9.31. The Morgan fingerprint density at radius 3 is 2.20 bits per heavy atom. The number of hydrogen-bond donors (Lipinski definition) is 1. The second kappa shape index (κ2) is 8.21. The summed E-state index contributed by atoms with van der Waals surface area (Å²) < 4.78 is 0. The molecule has 2 heteroatoms. The van der Waals surface area contributed by atoms with Crippen LogP contribution in [0.1, 0.15) is 49.8 Å². The van der Waals surface area contributed by atoms with E-state index in [1.165, 1.54) is 11.1 Å². The summed E-state index contributed by atoms with van der Waals surface area (Å²) in [5.41, 5.74) is 9.26. The fourth-order valence-electron chi connectivity index (χ4n) is 2.86. The van der Waals surface area contributed by atoms with Crippen molar-refractivity contribution in [1.82, 2.24) is 0 Å². The highest BCUT2D eigenvalue weighted by Gasteiger charge is 2.14. The Morgan fingerprint density at radius 1 is 1.10 bits per heavy atom. The third-order valence-corrected chi connectivity index (χ3v) is 3.96. The second-order valence-electron chi connectivity index (χ2n) is 6.33. The number of rotatable bonds is 8. The van der Waals surface area contributed by atoms with Crippen LogP contribution in [0.2, 0.25) is 0 Å². The van der Waals surface area contributed by atoms with Crippen LogP contribution in [0.5, 0.6) is 0 Å². The molecule has 1 rings (SSSR count). The van der Waals surface area contributed by atoms with Gasteiger partial charge in [-0.25, -0.2) is 0 Å². The third-order valence-electron chi connectivity index (χ3n) is 3.96. The van der Waals surface area contributed by atoms with Gasteiger partial charge < -0.3 is 5.73 Å². The molecule has 1 atom stereocenters. The van der Waals surface area contributed by atoms with E-state index in [2.05, 4.69) is 45.9 Å². The Hall–Kier alpha value is -1.15. The quantitative estimate of drug-likeness (QED) is 0.784. The van der Waals surface area contributed by atoms with E-state index in [-0.39, 0.29) is 0 Å². The molecule has 2 N–H and O–H groups in total. The minimum atomic E-state index is 0.345. The van der Waals surface area contributed by atoms with E-state index in [4.69, 9.17) is 5.73 Å². The highest BCUT2D eigenvalue weighted by Crippen LogP contribution is 2.21. The van der Waals surface area contributed by atoms with Gasteiger partial charge >= 0.3 is 0 Å². The molecule has 0 aliphatic heterocycles. The number of ketones is 1. The van der Waals surface area contributed by atoms with Crippen molar-refractivity contribution in [2.45, 2.75) is 53.4 Å². The van der Waals surface area contributed by atoms with E-state index >= 15 is 0 Å². The van der Waals surface area contributed by atoms with Gasteiger partial charge in [-0.15, -0.1) is 0 Å². The highest BCUT2D eigenvalue weighted by molar-refractivity contribution is 5.80. The van der Waals surface area contributed by atoms with Gasteiger partial charge in [0.25, 0.3) is 0 Å². The summed E-state index contributed by atoms with van der Waals surface area (Å²) in [7, 11) is 0. The molecule has 0 aliphatic rings. The van der Waals surface area contributed by atoms with Crippen LogP contribution in [-0.4, -0.2) is 12.3 Å². The van der Waals surface area contributed by atoms with Gasteiger partial charge in [0, 0.05) is 12.8 Å². The zero-order valence-electron chi connectivity index (χ0n) is 13.4. The zero-order valence-corrected chi connectivity index (χ0v) is 13.4. The van der Waals surface area contributed by atoms with E-state index in [9.17, 15) is 4.79 Å². The lowest BCUT2D eigenvalue weighted by Gasteiger charge is -2.19.